The predicted molar refractivity (Wildman–Crippen MR) is 101 cm³/mol. The molecule has 142 valence electrons. The number of nitrogens with one attached hydrogen (secondary N) is 1. The normalized spacial score (nSPS) is 10.1. The van der Waals surface area contributed by atoms with E-state index < -0.39 is 6.09 Å². The van der Waals surface area contributed by atoms with Gasteiger partial charge in [-0.15, -0.1) is 17.4 Å². The molecule has 0 radical (unpaired) electrons. The van der Waals surface area contributed by atoms with Gasteiger partial charge in [-0.1, -0.05) is 18.2 Å². The van der Waals surface area contributed by atoms with Crippen molar-refractivity contribution in [1.29, 1.82) is 0 Å². The van der Waals surface area contributed by atoms with E-state index in [0.717, 1.165) is 5.56 Å². The molecular weight excluding hydrogens is 360 g/mol. The second-order valence-corrected chi connectivity index (χ2v) is 5.64. The minimum atomic E-state index is -0.610. The number of anilines is 1. The summed E-state index contributed by atoms with van der Waals surface area (Å²) in [4.78, 5) is 16.0. The fourth-order valence-corrected chi connectivity index (χ4v) is 2.36. The third-order valence-corrected chi connectivity index (χ3v) is 3.64. The van der Waals surface area contributed by atoms with Crippen molar-refractivity contribution in [2.24, 2.45) is 7.05 Å². The number of carbonyl (C=O) groups is 1. The molecule has 0 aliphatic rings. The minimum absolute atomic E-state index is 0.152. The molecule has 0 atom stereocenters. The number of aryl methyl sites for hydroxylation is 1. The molecule has 0 fully saturated rings. The summed E-state index contributed by atoms with van der Waals surface area (Å²) in [5, 5.41) is 14.1. The smallest absolute Gasteiger partial charge is 0.412 e. The fraction of sp³-hybridized carbons (Fsp3) is 0.211. The molecule has 0 unspecified atom stereocenters. The van der Waals surface area contributed by atoms with Crippen molar-refractivity contribution in [3.8, 4) is 29.5 Å². The number of aromatic nitrogens is 5. The maximum atomic E-state index is 11.7. The summed E-state index contributed by atoms with van der Waals surface area (Å²) in [6.07, 6.45) is 4.86. The van der Waals surface area contributed by atoms with Crippen molar-refractivity contribution >= 4 is 11.9 Å². The number of nitrogens with zero attached hydrogens (tertiary/aromatic N) is 5. The van der Waals surface area contributed by atoms with Crippen molar-refractivity contribution in [1.82, 2.24) is 25.2 Å². The summed E-state index contributed by atoms with van der Waals surface area (Å²) < 4.78 is 12.4. The van der Waals surface area contributed by atoms with Crippen LogP contribution in [0.5, 0.6) is 5.75 Å². The van der Waals surface area contributed by atoms with Crippen molar-refractivity contribution in [3.05, 3.63) is 48.2 Å². The van der Waals surface area contributed by atoms with E-state index in [9.17, 15) is 4.79 Å². The highest BCUT2D eigenvalue weighted by atomic mass is 16.5. The molecule has 9 nitrogen and oxygen atoms in total. The summed E-state index contributed by atoms with van der Waals surface area (Å²) in [6, 6.07) is 12.7. The van der Waals surface area contributed by atoms with Crippen LogP contribution in [-0.2, 0) is 18.4 Å². The largest absolute Gasteiger partial charge is 0.487 e. The highest BCUT2D eigenvalue weighted by Crippen LogP contribution is 2.28. The zero-order valence-corrected chi connectivity index (χ0v) is 15.2. The number of hydrogen-bond acceptors (Lipinski definition) is 7. The van der Waals surface area contributed by atoms with Gasteiger partial charge in [-0.2, -0.15) is 0 Å². The number of para-hydroxylation sites is 1. The topological polar surface area (TPSA) is 104 Å². The van der Waals surface area contributed by atoms with E-state index in [1.807, 2.05) is 24.3 Å². The fourth-order valence-electron chi connectivity index (χ4n) is 2.36. The van der Waals surface area contributed by atoms with Crippen LogP contribution in [0, 0.1) is 12.3 Å². The summed E-state index contributed by atoms with van der Waals surface area (Å²) >= 11 is 0. The third-order valence-electron chi connectivity index (χ3n) is 3.64. The number of pyridine rings is 1. The van der Waals surface area contributed by atoms with Gasteiger partial charge in [0.15, 0.2) is 5.82 Å². The van der Waals surface area contributed by atoms with Crippen LogP contribution >= 0.6 is 0 Å². The van der Waals surface area contributed by atoms with Gasteiger partial charge >= 0.3 is 6.09 Å². The Labute approximate surface area is 161 Å². The molecule has 28 heavy (non-hydrogen) atoms. The van der Waals surface area contributed by atoms with Crippen molar-refractivity contribution < 1.29 is 14.3 Å². The zero-order chi connectivity index (χ0) is 19.8. The van der Waals surface area contributed by atoms with Crippen LogP contribution in [0.2, 0.25) is 0 Å². The monoisotopic (exact) mass is 378 g/mol. The van der Waals surface area contributed by atoms with Gasteiger partial charge in [0, 0.05) is 13.5 Å². The molecule has 0 saturated heterocycles. The van der Waals surface area contributed by atoms with Gasteiger partial charge in [-0.3, -0.25) is 5.32 Å². The first kappa shape index (κ1) is 18.8. The molecule has 2 aromatic heterocycles. The van der Waals surface area contributed by atoms with Crippen LogP contribution in [-0.4, -0.2) is 37.9 Å². The Kier molecular flexibility index (Phi) is 6.15. The van der Waals surface area contributed by atoms with E-state index in [1.165, 1.54) is 0 Å². The lowest BCUT2D eigenvalue weighted by Gasteiger charge is -2.11. The summed E-state index contributed by atoms with van der Waals surface area (Å²) in [7, 11) is 1.76. The molecule has 0 aliphatic carbocycles. The maximum Gasteiger partial charge on any atom is 0.412 e. The predicted octanol–water partition coefficient (Wildman–Crippen LogP) is 2.42. The third kappa shape index (κ3) is 4.82. The standard InChI is InChI=1S/C19H18N6O3/c1-3-4-12-27-19(26)21-17-11-7-8-14(20-17)13-28-16-10-6-5-9-15(16)18-22-23-24-25(18)2/h1,5-11H,4,12-13H2,2H3,(H,20,21,26). The Morgan fingerprint density at radius 3 is 2.89 bits per heavy atom. The van der Waals surface area contributed by atoms with Crippen LogP contribution < -0.4 is 10.1 Å². The molecule has 1 amide bonds. The second kappa shape index (κ2) is 9.14. The number of carbonyl (C=O) groups excluding carboxylic acids is 1. The summed E-state index contributed by atoms with van der Waals surface area (Å²) in [5.74, 6) is 3.97. The van der Waals surface area contributed by atoms with Crippen LogP contribution in [0.25, 0.3) is 11.4 Å². The van der Waals surface area contributed by atoms with E-state index >= 15 is 0 Å². The van der Waals surface area contributed by atoms with Crippen molar-refractivity contribution in [2.45, 2.75) is 13.0 Å². The van der Waals surface area contributed by atoms with Gasteiger partial charge in [0.2, 0.25) is 0 Å². The lowest BCUT2D eigenvalue weighted by molar-refractivity contribution is 0.164. The van der Waals surface area contributed by atoms with Gasteiger partial charge in [-0.05, 0) is 34.7 Å². The van der Waals surface area contributed by atoms with Crippen molar-refractivity contribution in [3.63, 3.8) is 0 Å². The lowest BCUT2D eigenvalue weighted by Crippen LogP contribution is -2.15. The van der Waals surface area contributed by atoms with Crippen LogP contribution in [0.15, 0.2) is 42.5 Å². The first-order valence-electron chi connectivity index (χ1n) is 8.45. The van der Waals surface area contributed by atoms with Gasteiger partial charge in [-0.25, -0.2) is 14.5 Å². The molecule has 9 heteroatoms. The summed E-state index contributed by atoms with van der Waals surface area (Å²) in [5.41, 5.74) is 1.40. The number of benzene rings is 1. The first-order chi connectivity index (χ1) is 13.7. The number of amides is 1. The number of tetrazole rings is 1. The average molecular weight is 378 g/mol. The quantitative estimate of drug-likeness (QED) is 0.497. The number of terminal acetylenes is 1. The molecule has 1 aromatic carbocycles. The molecule has 0 saturated carbocycles. The minimum Gasteiger partial charge on any atom is -0.487 e. The van der Waals surface area contributed by atoms with E-state index in [2.05, 4.69) is 31.7 Å². The Hall–Kier alpha value is -3.93. The molecular formula is C19H18N6O3. The summed E-state index contributed by atoms with van der Waals surface area (Å²) in [6.45, 7) is 0.350. The number of hydrogen-bond donors (Lipinski definition) is 1. The molecule has 0 bridgehead atoms. The van der Waals surface area contributed by atoms with E-state index in [0.29, 0.717) is 29.5 Å². The lowest BCUT2D eigenvalue weighted by atomic mass is 10.2. The van der Waals surface area contributed by atoms with E-state index in [-0.39, 0.29) is 13.2 Å². The highest BCUT2D eigenvalue weighted by molar-refractivity contribution is 5.83. The van der Waals surface area contributed by atoms with Gasteiger partial charge in [0.25, 0.3) is 0 Å². The average Bonchev–Trinajstić information content (AvgIpc) is 3.13. The molecule has 2 heterocycles. The molecule has 0 spiro atoms. The van der Waals surface area contributed by atoms with Gasteiger partial charge in [0.05, 0.1) is 11.3 Å². The SMILES string of the molecule is C#CCCOC(=O)Nc1cccc(COc2ccccc2-c2nnnn2C)n1. The van der Waals surface area contributed by atoms with E-state index in [4.69, 9.17) is 15.9 Å². The van der Waals surface area contributed by atoms with Gasteiger partial charge < -0.3 is 9.47 Å². The Balaban J connectivity index is 1.65. The van der Waals surface area contributed by atoms with Crippen LogP contribution in [0.4, 0.5) is 10.6 Å². The van der Waals surface area contributed by atoms with Gasteiger partial charge in [0.1, 0.15) is 24.8 Å². The molecule has 3 rings (SSSR count). The highest BCUT2D eigenvalue weighted by Gasteiger charge is 2.12. The Morgan fingerprint density at radius 2 is 2.11 bits per heavy atom. The first-order valence-corrected chi connectivity index (χ1v) is 8.45. The van der Waals surface area contributed by atoms with Crippen molar-refractivity contribution in [2.75, 3.05) is 11.9 Å². The molecule has 0 aliphatic heterocycles. The maximum absolute atomic E-state index is 11.7. The second-order valence-electron chi connectivity index (χ2n) is 5.64. The molecule has 3 aromatic rings. The van der Waals surface area contributed by atoms with Crippen LogP contribution in [0.1, 0.15) is 12.1 Å². The Morgan fingerprint density at radius 1 is 1.25 bits per heavy atom. The Bertz CT molecular complexity index is 995. The van der Waals surface area contributed by atoms with Crippen LogP contribution in [0.3, 0.4) is 0 Å². The number of ether oxygens (including phenoxy) is 2. The van der Waals surface area contributed by atoms with E-state index in [1.54, 1.807) is 29.9 Å². The zero-order valence-electron chi connectivity index (χ0n) is 15.2. The molecule has 1 N–H and O–H groups in total. The number of rotatable bonds is 7.